The fourth-order valence-electron chi connectivity index (χ4n) is 2.90. The molecule has 0 aliphatic rings. The first-order chi connectivity index (χ1) is 11.5. The number of quaternary nitrogens is 1. The minimum Gasteiger partial charge on any atom is -0.491 e. The van der Waals surface area contributed by atoms with E-state index in [1.54, 1.807) is 0 Å². The van der Waals surface area contributed by atoms with Crippen molar-refractivity contribution in [2.75, 3.05) is 13.2 Å². The largest absolute Gasteiger partial charge is 0.491 e. The fraction of sp³-hybridized carbons (Fsp3) is 0.429. The van der Waals surface area contributed by atoms with Gasteiger partial charge in [-0.05, 0) is 43.0 Å². The van der Waals surface area contributed by atoms with Crippen LogP contribution in [0.1, 0.15) is 49.4 Å². The van der Waals surface area contributed by atoms with E-state index in [9.17, 15) is 5.11 Å². The van der Waals surface area contributed by atoms with Gasteiger partial charge in [0.25, 0.3) is 0 Å². The Hall–Kier alpha value is -1.84. The first kappa shape index (κ1) is 18.5. The molecule has 3 heteroatoms. The van der Waals surface area contributed by atoms with Crippen LogP contribution < -0.4 is 10.1 Å². The summed E-state index contributed by atoms with van der Waals surface area (Å²) in [5, 5.41) is 12.3. The Morgan fingerprint density at radius 3 is 2.38 bits per heavy atom. The average Bonchev–Trinajstić information content (AvgIpc) is 2.58. The van der Waals surface area contributed by atoms with E-state index < -0.39 is 6.10 Å². The maximum absolute atomic E-state index is 10.2. The molecule has 0 spiro atoms. The predicted octanol–water partition coefficient (Wildman–Crippen LogP) is 3.18. The van der Waals surface area contributed by atoms with E-state index in [4.69, 9.17) is 4.74 Å². The van der Waals surface area contributed by atoms with Gasteiger partial charge < -0.3 is 15.2 Å². The van der Waals surface area contributed by atoms with Gasteiger partial charge in [-0.1, -0.05) is 50.2 Å². The molecule has 24 heavy (non-hydrogen) atoms. The molecule has 0 fully saturated rings. The van der Waals surface area contributed by atoms with E-state index in [-0.39, 0.29) is 0 Å². The van der Waals surface area contributed by atoms with Gasteiger partial charge in [-0.15, -0.1) is 0 Å². The molecular weight excluding hydrogens is 298 g/mol. The highest BCUT2D eigenvalue weighted by molar-refractivity contribution is 5.36. The van der Waals surface area contributed by atoms with Gasteiger partial charge in [-0.2, -0.15) is 0 Å². The molecule has 0 radical (unpaired) electrons. The van der Waals surface area contributed by atoms with Gasteiger partial charge in [0.05, 0.1) is 0 Å². The van der Waals surface area contributed by atoms with Crippen molar-refractivity contribution in [1.29, 1.82) is 0 Å². The van der Waals surface area contributed by atoms with E-state index in [0.717, 1.165) is 5.75 Å². The van der Waals surface area contributed by atoms with Gasteiger partial charge in [0.2, 0.25) is 0 Å². The lowest BCUT2D eigenvalue weighted by molar-refractivity contribution is -0.698. The lowest BCUT2D eigenvalue weighted by Gasteiger charge is -2.16. The lowest BCUT2D eigenvalue weighted by atomic mass is 9.98. The smallest absolute Gasteiger partial charge is 0.137 e. The van der Waals surface area contributed by atoms with E-state index in [0.29, 0.717) is 25.1 Å². The third-order valence-electron chi connectivity index (χ3n) is 4.39. The quantitative estimate of drug-likeness (QED) is 0.782. The number of aryl methyl sites for hydroxylation is 1. The first-order valence-electron chi connectivity index (χ1n) is 8.77. The molecule has 2 aromatic rings. The number of ether oxygens (including phenoxy) is 1. The number of hydrogen-bond acceptors (Lipinski definition) is 2. The predicted molar refractivity (Wildman–Crippen MR) is 98.4 cm³/mol. The van der Waals surface area contributed by atoms with Crippen molar-refractivity contribution < 1.29 is 15.2 Å². The molecule has 2 aromatic carbocycles. The van der Waals surface area contributed by atoms with Crippen molar-refractivity contribution in [3.63, 3.8) is 0 Å². The molecule has 3 nitrogen and oxygen atoms in total. The third kappa shape index (κ3) is 5.36. The highest BCUT2D eigenvalue weighted by atomic mass is 16.5. The van der Waals surface area contributed by atoms with Crippen LogP contribution in [-0.4, -0.2) is 24.4 Å². The van der Waals surface area contributed by atoms with Crippen molar-refractivity contribution in [2.45, 2.75) is 45.8 Å². The summed E-state index contributed by atoms with van der Waals surface area (Å²) in [4.78, 5) is 0. The summed E-state index contributed by atoms with van der Waals surface area (Å²) in [5.74, 6) is 1.34. The molecule has 0 unspecified atom stereocenters. The van der Waals surface area contributed by atoms with Crippen molar-refractivity contribution in [3.8, 4) is 5.75 Å². The summed E-state index contributed by atoms with van der Waals surface area (Å²) in [6, 6.07) is 16.8. The molecule has 0 amide bonds. The van der Waals surface area contributed by atoms with Crippen molar-refractivity contribution in [1.82, 2.24) is 0 Å². The molecule has 2 rings (SSSR count). The summed E-state index contributed by atoms with van der Waals surface area (Å²) < 4.78 is 5.75. The number of nitrogens with two attached hydrogens (primary N) is 1. The van der Waals surface area contributed by atoms with Crippen LogP contribution in [0.5, 0.6) is 5.75 Å². The van der Waals surface area contributed by atoms with Crippen LogP contribution in [0.25, 0.3) is 0 Å². The van der Waals surface area contributed by atoms with E-state index >= 15 is 0 Å². The van der Waals surface area contributed by atoms with Gasteiger partial charge in [0, 0.05) is 5.56 Å². The van der Waals surface area contributed by atoms with Crippen LogP contribution in [0.3, 0.4) is 0 Å². The molecule has 0 bridgehead atoms. The Morgan fingerprint density at radius 2 is 1.75 bits per heavy atom. The second-order valence-electron chi connectivity index (χ2n) is 6.81. The molecule has 3 N–H and O–H groups in total. The van der Waals surface area contributed by atoms with Gasteiger partial charge in [0.15, 0.2) is 0 Å². The van der Waals surface area contributed by atoms with Crippen LogP contribution in [0.4, 0.5) is 0 Å². The van der Waals surface area contributed by atoms with E-state index in [2.05, 4.69) is 57.3 Å². The van der Waals surface area contributed by atoms with E-state index in [1.165, 1.54) is 16.7 Å². The summed E-state index contributed by atoms with van der Waals surface area (Å²) in [6.45, 7) is 9.58. The SMILES string of the molecule is Cc1cc(OC[C@@H](O)C[NH2+][C@@H](C)c2ccccc2)ccc1C(C)C. The lowest BCUT2D eigenvalue weighted by Crippen LogP contribution is -2.87. The fourth-order valence-corrected chi connectivity index (χ4v) is 2.90. The normalized spacial score (nSPS) is 13.8. The third-order valence-corrected chi connectivity index (χ3v) is 4.39. The summed E-state index contributed by atoms with van der Waals surface area (Å²) >= 11 is 0. The van der Waals surface area contributed by atoms with Crippen LogP contribution in [0, 0.1) is 6.92 Å². The second kappa shape index (κ2) is 8.86. The van der Waals surface area contributed by atoms with Crippen LogP contribution in [0.15, 0.2) is 48.5 Å². The number of benzene rings is 2. The monoisotopic (exact) mass is 328 g/mol. The average molecular weight is 328 g/mol. The molecule has 2 atom stereocenters. The topological polar surface area (TPSA) is 46.1 Å². The highest BCUT2D eigenvalue weighted by Gasteiger charge is 2.13. The van der Waals surface area contributed by atoms with Gasteiger partial charge in [-0.3, -0.25) is 0 Å². The number of rotatable bonds is 8. The van der Waals surface area contributed by atoms with Gasteiger partial charge in [-0.25, -0.2) is 0 Å². The molecule has 0 aliphatic carbocycles. The molecule has 0 aliphatic heterocycles. The second-order valence-corrected chi connectivity index (χ2v) is 6.81. The zero-order valence-electron chi connectivity index (χ0n) is 15.2. The maximum Gasteiger partial charge on any atom is 0.137 e. The molecule has 0 saturated carbocycles. The summed E-state index contributed by atoms with van der Waals surface area (Å²) in [7, 11) is 0. The Kier molecular flexibility index (Phi) is 6.83. The molecule has 0 aromatic heterocycles. The van der Waals surface area contributed by atoms with Crippen molar-refractivity contribution in [2.24, 2.45) is 0 Å². The van der Waals surface area contributed by atoms with Crippen LogP contribution >= 0.6 is 0 Å². The van der Waals surface area contributed by atoms with Crippen molar-refractivity contribution in [3.05, 3.63) is 65.2 Å². The Labute approximate surface area is 145 Å². The standard InChI is InChI=1S/C21H29NO2/c1-15(2)21-11-10-20(12-16(21)3)24-14-19(23)13-22-17(4)18-8-6-5-7-9-18/h5-12,15,17,19,22-23H,13-14H2,1-4H3/p+1/t17-,19-/m0/s1. The zero-order chi connectivity index (χ0) is 17.5. The Balaban J connectivity index is 1.79. The van der Waals surface area contributed by atoms with Gasteiger partial charge in [0.1, 0.15) is 31.0 Å². The number of hydrogen-bond donors (Lipinski definition) is 2. The van der Waals surface area contributed by atoms with E-state index in [1.807, 2.05) is 24.3 Å². The van der Waals surface area contributed by atoms with Crippen molar-refractivity contribution >= 4 is 0 Å². The summed E-state index contributed by atoms with van der Waals surface area (Å²) in [6.07, 6.45) is -0.485. The first-order valence-corrected chi connectivity index (χ1v) is 8.77. The molecule has 0 heterocycles. The van der Waals surface area contributed by atoms with Gasteiger partial charge >= 0.3 is 0 Å². The molecular formula is C21H30NO2+. The molecule has 0 saturated heterocycles. The minimum atomic E-state index is -0.485. The zero-order valence-corrected chi connectivity index (χ0v) is 15.2. The summed E-state index contributed by atoms with van der Waals surface area (Å²) in [5.41, 5.74) is 3.85. The number of aliphatic hydroxyl groups excluding tert-OH is 1. The molecule has 130 valence electrons. The Morgan fingerprint density at radius 1 is 1.04 bits per heavy atom. The van der Waals surface area contributed by atoms with Crippen LogP contribution in [0.2, 0.25) is 0 Å². The van der Waals surface area contributed by atoms with Crippen LogP contribution in [-0.2, 0) is 0 Å². The maximum atomic E-state index is 10.2. The number of aliphatic hydroxyl groups is 1. The Bertz CT molecular complexity index is 625. The highest BCUT2D eigenvalue weighted by Crippen LogP contribution is 2.23. The minimum absolute atomic E-state index is 0.318.